The van der Waals surface area contributed by atoms with Gasteiger partial charge in [-0.05, 0) is 18.1 Å². The number of nitriles is 1. The Morgan fingerprint density at radius 3 is 2.67 bits per heavy atom. The van der Waals surface area contributed by atoms with Crippen LogP contribution in [-0.4, -0.2) is 6.04 Å². The Bertz CT molecular complexity index is 421. The van der Waals surface area contributed by atoms with Gasteiger partial charge in [0.1, 0.15) is 0 Å². The van der Waals surface area contributed by atoms with Gasteiger partial charge < -0.3 is 5.32 Å². The van der Waals surface area contributed by atoms with Gasteiger partial charge in [0, 0.05) is 12.6 Å². The van der Waals surface area contributed by atoms with Gasteiger partial charge in [0.15, 0.2) is 0 Å². The Kier molecular flexibility index (Phi) is 5.17. The molecule has 1 atom stereocenters. The summed E-state index contributed by atoms with van der Waals surface area (Å²) in [6.45, 7) is 2.27. The molecule has 0 aliphatic rings. The monoisotopic (exact) mass is 256 g/mol. The minimum absolute atomic E-state index is 0.0181. The summed E-state index contributed by atoms with van der Waals surface area (Å²) in [6, 6.07) is 7.28. The fourth-order valence-electron chi connectivity index (χ4n) is 1.59. The molecule has 1 aromatic rings. The summed E-state index contributed by atoms with van der Waals surface area (Å²) in [5.74, 6) is 0. The number of halogens is 3. The van der Waals surface area contributed by atoms with E-state index in [1.807, 2.05) is 13.0 Å². The zero-order valence-corrected chi connectivity index (χ0v) is 10.1. The largest absolute Gasteiger partial charge is 0.416 e. The van der Waals surface area contributed by atoms with E-state index in [1.165, 1.54) is 6.07 Å². The first-order valence-electron chi connectivity index (χ1n) is 5.73. The van der Waals surface area contributed by atoms with Crippen molar-refractivity contribution in [1.29, 1.82) is 5.26 Å². The Balaban J connectivity index is 2.66. The molecule has 2 nitrogen and oxygen atoms in total. The highest BCUT2D eigenvalue weighted by Crippen LogP contribution is 2.29. The maximum absolute atomic E-state index is 12.5. The molecular formula is C13H15F3N2. The maximum Gasteiger partial charge on any atom is 0.416 e. The van der Waals surface area contributed by atoms with Crippen LogP contribution in [0.15, 0.2) is 24.3 Å². The number of alkyl halides is 3. The van der Waals surface area contributed by atoms with Crippen LogP contribution < -0.4 is 5.32 Å². The van der Waals surface area contributed by atoms with Crippen LogP contribution in [0.25, 0.3) is 0 Å². The molecule has 0 amide bonds. The smallest absolute Gasteiger partial charge is 0.309 e. The lowest BCUT2D eigenvalue weighted by atomic mass is 10.1. The molecule has 0 radical (unpaired) electrons. The van der Waals surface area contributed by atoms with Crippen molar-refractivity contribution in [3.05, 3.63) is 35.4 Å². The van der Waals surface area contributed by atoms with Gasteiger partial charge in [-0.25, -0.2) is 0 Å². The number of benzene rings is 1. The van der Waals surface area contributed by atoms with E-state index in [0.717, 1.165) is 18.6 Å². The van der Waals surface area contributed by atoms with Crippen LogP contribution in [0.2, 0.25) is 0 Å². The fraction of sp³-hybridized carbons (Fsp3) is 0.462. The average Bonchev–Trinajstić information content (AvgIpc) is 2.34. The molecule has 18 heavy (non-hydrogen) atoms. The summed E-state index contributed by atoms with van der Waals surface area (Å²) in [6.07, 6.45) is -3.19. The number of rotatable bonds is 5. The van der Waals surface area contributed by atoms with Gasteiger partial charge in [0.2, 0.25) is 0 Å². The first-order valence-corrected chi connectivity index (χ1v) is 5.73. The van der Waals surface area contributed by atoms with Gasteiger partial charge in [0.25, 0.3) is 0 Å². The van der Waals surface area contributed by atoms with Crippen molar-refractivity contribution in [2.24, 2.45) is 0 Å². The summed E-state index contributed by atoms with van der Waals surface area (Å²) in [5, 5.41) is 11.7. The summed E-state index contributed by atoms with van der Waals surface area (Å²) in [5.41, 5.74) is -0.0728. The molecule has 0 aliphatic heterocycles. The molecule has 5 heteroatoms. The van der Waals surface area contributed by atoms with Crippen LogP contribution >= 0.6 is 0 Å². The minimum atomic E-state index is -4.31. The van der Waals surface area contributed by atoms with Crippen molar-refractivity contribution < 1.29 is 13.2 Å². The third-order valence-electron chi connectivity index (χ3n) is 2.68. The molecule has 98 valence electrons. The molecular weight excluding hydrogens is 241 g/mol. The topological polar surface area (TPSA) is 35.8 Å². The highest BCUT2D eigenvalue weighted by Gasteiger charge is 2.30. The fourth-order valence-corrected chi connectivity index (χ4v) is 1.59. The van der Waals surface area contributed by atoms with Crippen molar-refractivity contribution in [2.75, 3.05) is 0 Å². The number of hydrogen-bond acceptors (Lipinski definition) is 2. The molecule has 0 bridgehead atoms. The van der Waals surface area contributed by atoms with E-state index >= 15 is 0 Å². The van der Waals surface area contributed by atoms with Crippen LogP contribution in [-0.2, 0) is 12.7 Å². The molecule has 0 fully saturated rings. The molecule has 1 rings (SSSR count). The quantitative estimate of drug-likeness (QED) is 0.875. The number of nitrogens with zero attached hydrogens (tertiary/aromatic N) is 1. The zero-order chi connectivity index (χ0) is 13.6. The predicted octanol–water partition coefficient (Wildman–Crippen LogP) is 3.49. The van der Waals surface area contributed by atoms with E-state index in [-0.39, 0.29) is 6.04 Å². The van der Waals surface area contributed by atoms with Gasteiger partial charge >= 0.3 is 6.18 Å². The third kappa shape index (κ3) is 4.38. The Hall–Kier alpha value is -1.54. The lowest BCUT2D eigenvalue weighted by Gasteiger charge is -2.14. The lowest BCUT2D eigenvalue weighted by molar-refractivity contribution is -0.137. The van der Waals surface area contributed by atoms with Crippen molar-refractivity contribution in [1.82, 2.24) is 5.32 Å². The van der Waals surface area contributed by atoms with E-state index in [1.54, 1.807) is 6.07 Å². The standard InChI is InChI=1S/C13H15F3N2/c1-2-12(6-7-17)18-9-10-4-3-5-11(8-10)13(14,15)16/h3-5,8,12,18H,2,6,9H2,1H3. The molecule has 0 aliphatic carbocycles. The van der Waals surface area contributed by atoms with Crippen molar-refractivity contribution in [3.8, 4) is 6.07 Å². The lowest BCUT2D eigenvalue weighted by Crippen LogP contribution is -2.27. The number of hydrogen-bond donors (Lipinski definition) is 1. The number of nitrogens with one attached hydrogen (secondary N) is 1. The van der Waals surface area contributed by atoms with Crippen LogP contribution in [0.3, 0.4) is 0 Å². The zero-order valence-electron chi connectivity index (χ0n) is 10.1. The first-order chi connectivity index (χ1) is 8.47. The summed E-state index contributed by atoms with van der Waals surface area (Å²) >= 11 is 0. The van der Waals surface area contributed by atoms with Gasteiger partial charge in [-0.2, -0.15) is 18.4 Å². The van der Waals surface area contributed by atoms with Crippen LogP contribution in [0, 0.1) is 11.3 Å². The van der Waals surface area contributed by atoms with Gasteiger partial charge in [-0.15, -0.1) is 0 Å². The summed E-state index contributed by atoms with van der Waals surface area (Å²) in [4.78, 5) is 0. The van der Waals surface area contributed by atoms with Gasteiger partial charge in [0.05, 0.1) is 18.1 Å². The van der Waals surface area contributed by atoms with Gasteiger partial charge in [-0.1, -0.05) is 25.1 Å². The molecule has 0 saturated heterocycles. The van der Waals surface area contributed by atoms with E-state index < -0.39 is 11.7 Å². The maximum atomic E-state index is 12.5. The highest BCUT2D eigenvalue weighted by atomic mass is 19.4. The molecule has 1 unspecified atom stereocenters. The molecule has 0 spiro atoms. The first kappa shape index (κ1) is 14.5. The second-order valence-electron chi connectivity index (χ2n) is 4.05. The third-order valence-corrected chi connectivity index (χ3v) is 2.68. The van der Waals surface area contributed by atoms with Crippen molar-refractivity contribution in [3.63, 3.8) is 0 Å². The van der Waals surface area contributed by atoms with E-state index in [0.29, 0.717) is 18.5 Å². The van der Waals surface area contributed by atoms with E-state index in [9.17, 15) is 13.2 Å². The molecule has 0 saturated carbocycles. The Morgan fingerprint density at radius 1 is 1.39 bits per heavy atom. The molecule has 0 heterocycles. The Labute approximate surface area is 104 Å². The SMILES string of the molecule is CCC(CC#N)NCc1cccc(C(F)(F)F)c1. The van der Waals surface area contributed by atoms with Crippen LogP contribution in [0.1, 0.15) is 30.9 Å². The highest BCUT2D eigenvalue weighted by molar-refractivity contribution is 5.25. The average molecular weight is 256 g/mol. The Morgan fingerprint density at radius 2 is 2.11 bits per heavy atom. The summed E-state index contributed by atoms with van der Waals surface area (Å²) < 4.78 is 37.5. The molecule has 0 aromatic heterocycles. The van der Waals surface area contributed by atoms with Crippen molar-refractivity contribution >= 4 is 0 Å². The van der Waals surface area contributed by atoms with Gasteiger partial charge in [-0.3, -0.25) is 0 Å². The predicted molar refractivity (Wildman–Crippen MR) is 62.6 cm³/mol. The van der Waals surface area contributed by atoms with Crippen LogP contribution in [0.5, 0.6) is 0 Å². The normalized spacial score (nSPS) is 13.1. The molecule has 1 aromatic carbocycles. The molecule has 1 N–H and O–H groups in total. The van der Waals surface area contributed by atoms with Crippen molar-refractivity contribution in [2.45, 2.75) is 38.5 Å². The minimum Gasteiger partial charge on any atom is -0.309 e. The van der Waals surface area contributed by atoms with Crippen LogP contribution in [0.4, 0.5) is 13.2 Å². The van der Waals surface area contributed by atoms with E-state index in [2.05, 4.69) is 5.32 Å². The second-order valence-corrected chi connectivity index (χ2v) is 4.05. The second kappa shape index (κ2) is 6.41. The van der Waals surface area contributed by atoms with E-state index in [4.69, 9.17) is 5.26 Å². The summed E-state index contributed by atoms with van der Waals surface area (Å²) in [7, 11) is 0.